The highest BCUT2D eigenvalue weighted by atomic mass is 35.5. The Morgan fingerprint density at radius 1 is 1.04 bits per heavy atom. The number of hydrogen-bond acceptors (Lipinski definition) is 5. The summed E-state index contributed by atoms with van der Waals surface area (Å²) < 4.78 is 23.3. The number of rotatable bonds is 3. The van der Waals surface area contributed by atoms with Crippen molar-refractivity contribution >= 4 is 34.1 Å². The lowest BCUT2D eigenvalue weighted by Crippen LogP contribution is -2.24. The number of halogens is 1. The van der Waals surface area contributed by atoms with Gasteiger partial charge < -0.3 is 19.7 Å². The molecule has 2 heterocycles. The fraction of sp³-hybridized carbons (Fsp3) is 0.158. The molecule has 2 aromatic carbocycles. The van der Waals surface area contributed by atoms with E-state index in [0.717, 1.165) is 24.1 Å². The summed E-state index contributed by atoms with van der Waals surface area (Å²) in [5.74, 6) is -0.258. The maximum atomic E-state index is 11.0. The molecular weight excluding hydrogens is 388 g/mol. The summed E-state index contributed by atoms with van der Waals surface area (Å²) in [6.07, 6.45) is 1.79. The van der Waals surface area contributed by atoms with Crippen LogP contribution in [0.1, 0.15) is 12.0 Å². The van der Waals surface area contributed by atoms with Gasteiger partial charge in [-0.2, -0.15) is 0 Å². The Hall–Kier alpha value is -2.48. The molecule has 0 spiro atoms. The third-order valence-corrected chi connectivity index (χ3v) is 5.57. The van der Waals surface area contributed by atoms with Crippen LogP contribution >= 0.6 is 11.6 Å². The maximum absolute atomic E-state index is 11.0. The lowest BCUT2D eigenvalue weighted by molar-refractivity contribution is 0.402. The number of fused-ring (bicyclic) bond motifs is 1. The first kappa shape index (κ1) is 17.9. The number of anilines is 2. The van der Waals surface area contributed by atoms with E-state index in [1.54, 1.807) is 6.07 Å². The van der Waals surface area contributed by atoms with Gasteiger partial charge in [0.15, 0.2) is 0 Å². The lowest BCUT2D eigenvalue weighted by atomic mass is 10.0. The third kappa shape index (κ3) is 3.18. The first-order valence-corrected chi connectivity index (χ1v) is 9.80. The van der Waals surface area contributed by atoms with Crippen LogP contribution in [0.25, 0.3) is 5.69 Å². The Bertz CT molecular complexity index is 1030. The molecule has 0 saturated carbocycles. The molecule has 1 aromatic heterocycles. The lowest BCUT2D eigenvalue weighted by Gasteiger charge is -2.30. The maximum Gasteiger partial charge on any atom is 0.223 e. The minimum Gasteiger partial charge on any atom is -0.768 e. The van der Waals surface area contributed by atoms with Crippen LogP contribution in [0.5, 0.6) is 11.8 Å². The highest BCUT2D eigenvalue weighted by Gasteiger charge is 2.25. The topological polar surface area (TPSA) is 88.8 Å². The van der Waals surface area contributed by atoms with Crippen LogP contribution in [0.3, 0.4) is 0 Å². The molecule has 1 unspecified atom stereocenters. The first-order valence-electron chi connectivity index (χ1n) is 8.35. The molecule has 0 radical (unpaired) electrons. The number of hydrogen-bond donors (Lipinski definition) is 2. The van der Waals surface area contributed by atoms with Crippen LogP contribution in [-0.4, -0.2) is 30.1 Å². The van der Waals surface area contributed by atoms with Gasteiger partial charge in [0.2, 0.25) is 11.8 Å². The number of aromatic nitrogens is 1. The molecular formula is C19H16ClN2O4S-. The highest BCUT2D eigenvalue weighted by molar-refractivity contribution is 7.79. The zero-order chi connectivity index (χ0) is 19.1. The van der Waals surface area contributed by atoms with E-state index in [9.17, 15) is 19.0 Å². The van der Waals surface area contributed by atoms with Crippen molar-refractivity contribution in [1.29, 1.82) is 0 Å². The summed E-state index contributed by atoms with van der Waals surface area (Å²) >= 11 is 3.76. The molecule has 140 valence electrons. The second-order valence-electron chi connectivity index (χ2n) is 6.30. The van der Waals surface area contributed by atoms with Crippen molar-refractivity contribution in [2.75, 3.05) is 11.4 Å². The van der Waals surface area contributed by atoms with E-state index in [1.165, 1.54) is 34.9 Å². The number of aromatic hydroxyl groups is 2. The average Bonchev–Trinajstić information content (AvgIpc) is 2.95. The molecule has 0 fully saturated rings. The van der Waals surface area contributed by atoms with Crippen LogP contribution < -0.4 is 4.90 Å². The van der Waals surface area contributed by atoms with Crippen molar-refractivity contribution in [3.8, 4) is 17.4 Å². The normalized spacial score (nSPS) is 14.8. The first-order chi connectivity index (χ1) is 13.0. The molecule has 0 aliphatic carbocycles. The zero-order valence-electron chi connectivity index (χ0n) is 14.1. The third-order valence-electron chi connectivity index (χ3n) is 4.67. The molecule has 0 saturated heterocycles. The van der Waals surface area contributed by atoms with Gasteiger partial charge in [-0.1, -0.05) is 11.6 Å². The van der Waals surface area contributed by atoms with Crippen molar-refractivity contribution in [2.24, 2.45) is 0 Å². The Balaban J connectivity index is 1.77. The Labute approximate surface area is 163 Å². The minimum atomic E-state index is -2.33. The molecule has 27 heavy (non-hydrogen) atoms. The Morgan fingerprint density at radius 3 is 2.48 bits per heavy atom. The van der Waals surface area contributed by atoms with Gasteiger partial charge in [-0.05, 0) is 72.0 Å². The van der Waals surface area contributed by atoms with E-state index in [0.29, 0.717) is 22.9 Å². The highest BCUT2D eigenvalue weighted by Crippen LogP contribution is 2.43. The molecule has 1 aliphatic heterocycles. The summed E-state index contributed by atoms with van der Waals surface area (Å²) in [6, 6.07) is 13.0. The predicted molar refractivity (Wildman–Crippen MR) is 103 cm³/mol. The van der Waals surface area contributed by atoms with Crippen molar-refractivity contribution in [3.63, 3.8) is 0 Å². The van der Waals surface area contributed by atoms with Gasteiger partial charge in [0.05, 0.1) is 5.69 Å². The van der Waals surface area contributed by atoms with Crippen LogP contribution in [0.4, 0.5) is 11.4 Å². The molecule has 2 N–H and O–H groups in total. The van der Waals surface area contributed by atoms with Crippen molar-refractivity contribution in [2.45, 2.75) is 17.7 Å². The fourth-order valence-electron chi connectivity index (χ4n) is 3.45. The average molecular weight is 404 g/mol. The van der Waals surface area contributed by atoms with Crippen molar-refractivity contribution < 1.29 is 19.0 Å². The van der Waals surface area contributed by atoms with E-state index < -0.39 is 11.1 Å². The van der Waals surface area contributed by atoms with Gasteiger partial charge in [0.1, 0.15) is 5.69 Å². The summed E-state index contributed by atoms with van der Waals surface area (Å²) in [5.41, 5.74) is 2.96. The number of benzene rings is 2. The molecule has 0 amide bonds. The predicted octanol–water partition coefficient (Wildman–Crippen LogP) is 3.86. The van der Waals surface area contributed by atoms with E-state index in [2.05, 4.69) is 0 Å². The summed E-state index contributed by atoms with van der Waals surface area (Å²) in [7, 11) is 0. The molecule has 8 heteroatoms. The second-order valence-corrected chi connectivity index (χ2v) is 7.68. The molecule has 1 aliphatic rings. The molecule has 3 aromatic rings. The van der Waals surface area contributed by atoms with Crippen molar-refractivity contribution in [1.82, 2.24) is 4.57 Å². The number of nitrogens with zero attached hydrogens (tertiary/aromatic N) is 2. The van der Waals surface area contributed by atoms with E-state index in [1.807, 2.05) is 17.0 Å². The smallest absolute Gasteiger partial charge is 0.223 e. The largest absolute Gasteiger partial charge is 0.768 e. The van der Waals surface area contributed by atoms with Gasteiger partial charge in [-0.15, -0.1) is 0 Å². The molecule has 4 rings (SSSR count). The van der Waals surface area contributed by atoms with Crippen LogP contribution in [-0.2, 0) is 17.5 Å². The van der Waals surface area contributed by atoms with Gasteiger partial charge in [0.25, 0.3) is 0 Å². The van der Waals surface area contributed by atoms with Gasteiger partial charge >= 0.3 is 0 Å². The van der Waals surface area contributed by atoms with E-state index in [4.69, 9.17) is 11.6 Å². The zero-order valence-corrected chi connectivity index (χ0v) is 15.7. The monoisotopic (exact) mass is 403 g/mol. The standard InChI is InChI=1S/C19H17ClN2O4S/c20-13-3-8-16-12(10-13)2-1-9-21(16)17-11-18(23)22(19(17)24)14-4-6-15(7-5-14)27(25)26/h3-8,10-11,23-24H,1-2,9H2,(H,25,26)/p-1. The van der Waals surface area contributed by atoms with Gasteiger partial charge in [-0.3, -0.25) is 4.21 Å². The van der Waals surface area contributed by atoms with Gasteiger partial charge in [-0.25, -0.2) is 4.57 Å². The van der Waals surface area contributed by atoms with Crippen LogP contribution in [0, 0.1) is 0 Å². The fourth-order valence-corrected chi connectivity index (χ4v) is 4.00. The molecule has 1 atom stereocenters. The SMILES string of the molecule is O=S([O-])c1ccc(-n2c(O)cc(N3CCCc4cc(Cl)ccc43)c2O)cc1. The second kappa shape index (κ2) is 6.92. The Morgan fingerprint density at radius 2 is 1.78 bits per heavy atom. The van der Waals surface area contributed by atoms with Crippen LogP contribution in [0.15, 0.2) is 53.4 Å². The van der Waals surface area contributed by atoms with E-state index in [-0.39, 0.29) is 16.7 Å². The number of aryl methyl sites for hydroxylation is 1. The summed E-state index contributed by atoms with van der Waals surface area (Å²) in [6.45, 7) is 0.694. The quantitative estimate of drug-likeness (QED) is 0.648. The molecule has 0 bridgehead atoms. The molecule has 6 nitrogen and oxygen atoms in total. The minimum absolute atomic E-state index is 0.119. The Kier molecular flexibility index (Phi) is 4.59. The summed E-state index contributed by atoms with van der Waals surface area (Å²) in [5, 5.41) is 21.9. The van der Waals surface area contributed by atoms with Crippen molar-refractivity contribution in [3.05, 3.63) is 59.1 Å². The summed E-state index contributed by atoms with van der Waals surface area (Å²) in [4.78, 5) is 2.08. The van der Waals surface area contributed by atoms with E-state index >= 15 is 0 Å². The van der Waals surface area contributed by atoms with Crippen LogP contribution in [0.2, 0.25) is 5.02 Å². The van der Waals surface area contributed by atoms with Gasteiger partial charge in [0, 0.05) is 28.2 Å².